The molecule has 1 heteroatoms. The van der Waals surface area contributed by atoms with Crippen LogP contribution in [-0.2, 0) is 12.0 Å². The van der Waals surface area contributed by atoms with Crippen LogP contribution in [0.3, 0.4) is 0 Å². The van der Waals surface area contributed by atoms with Gasteiger partial charge in [-0.05, 0) is 41.4 Å². The maximum atomic E-state index is 3.79. The lowest BCUT2D eigenvalue weighted by atomic mass is 9.69. The monoisotopic (exact) mass is 385 g/mol. The van der Waals surface area contributed by atoms with Gasteiger partial charge in [0.2, 0.25) is 0 Å². The van der Waals surface area contributed by atoms with E-state index < -0.39 is 0 Å². The van der Waals surface area contributed by atoms with Crippen LogP contribution in [0.1, 0.15) is 50.3 Å². The maximum absolute atomic E-state index is 3.79. The molecule has 0 saturated carbocycles. The Labute approximate surface area is 177 Å². The molecule has 0 bridgehead atoms. The molecule has 152 valence electrons. The highest BCUT2D eigenvalue weighted by atomic mass is 14.9. The number of hydrogen-bond donors (Lipinski definition) is 1. The topological polar surface area (TPSA) is 12.0 Å². The highest BCUT2D eigenvalue weighted by molar-refractivity contribution is 5.40. The minimum absolute atomic E-state index is 0.0273. The predicted molar refractivity (Wildman–Crippen MR) is 125 cm³/mol. The van der Waals surface area contributed by atoms with E-state index in [1.165, 1.54) is 23.1 Å². The van der Waals surface area contributed by atoms with Gasteiger partial charge in [0.15, 0.2) is 0 Å². The van der Waals surface area contributed by atoms with Crippen LogP contribution < -0.4 is 5.32 Å². The highest BCUT2D eigenvalue weighted by Gasteiger charge is 2.34. The number of nitrogens with one attached hydrogen (secondary N) is 1. The van der Waals surface area contributed by atoms with Crippen molar-refractivity contribution in [3.8, 4) is 0 Å². The van der Waals surface area contributed by atoms with Crippen molar-refractivity contribution in [2.45, 2.75) is 45.6 Å². The summed E-state index contributed by atoms with van der Waals surface area (Å²) in [6.07, 6.45) is 2.36. The van der Waals surface area contributed by atoms with Crippen LogP contribution in [-0.4, -0.2) is 6.54 Å². The van der Waals surface area contributed by atoms with Crippen LogP contribution in [0.25, 0.3) is 0 Å². The van der Waals surface area contributed by atoms with Crippen molar-refractivity contribution in [1.29, 1.82) is 0 Å². The third kappa shape index (κ3) is 5.58. The molecule has 1 N–H and O–H groups in total. The fourth-order valence-corrected chi connectivity index (χ4v) is 4.09. The number of rotatable bonds is 10. The lowest BCUT2D eigenvalue weighted by Crippen LogP contribution is -2.39. The molecule has 1 atom stereocenters. The third-order valence-electron chi connectivity index (χ3n) is 6.42. The minimum atomic E-state index is -0.0273. The molecular formula is C28H35N. The van der Waals surface area contributed by atoms with Gasteiger partial charge < -0.3 is 5.32 Å². The molecule has 0 radical (unpaired) electrons. The van der Waals surface area contributed by atoms with Crippen LogP contribution in [0.5, 0.6) is 0 Å². The van der Waals surface area contributed by atoms with Gasteiger partial charge in [0.1, 0.15) is 0 Å². The van der Waals surface area contributed by atoms with E-state index in [-0.39, 0.29) is 5.41 Å². The molecular weight excluding hydrogens is 350 g/mol. The SMILES string of the molecule is CC(C)C(C)CCC(CNCc1ccccc1)(c1ccccc1)c1ccccc1. The maximum Gasteiger partial charge on any atom is 0.0327 e. The van der Waals surface area contributed by atoms with Crippen LogP contribution in [0.15, 0.2) is 91.0 Å². The predicted octanol–water partition coefficient (Wildman–Crippen LogP) is 6.83. The van der Waals surface area contributed by atoms with Crippen LogP contribution in [0.2, 0.25) is 0 Å². The first-order valence-electron chi connectivity index (χ1n) is 11.0. The molecule has 0 saturated heterocycles. The molecule has 0 spiro atoms. The quantitative estimate of drug-likeness (QED) is 0.403. The molecule has 0 heterocycles. The van der Waals surface area contributed by atoms with E-state index in [4.69, 9.17) is 0 Å². The summed E-state index contributed by atoms with van der Waals surface area (Å²) in [5, 5.41) is 3.79. The first kappa shape index (κ1) is 21.3. The van der Waals surface area contributed by atoms with E-state index in [2.05, 4.69) is 117 Å². The summed E-state index contributed by atoms with van der Waals surface area (Å²) in [5.74, 6) is 1.41. The average molecular weight is 386 g/mol. The Kier molecular flexibility index (Phi) is 7.66. The fraction of sp³-hybridized carbons (Fsp3) is 0.357. The van der Waals surface area contributed by atoms with Gasteiger partial charge in [0.25, 0.3) is 0 Å². The molecule has 29 heavy (non-hydrogen) atoms. The summed E-state index contributed by atoms with van der Waals surface area (Å²) in [7, 11) is 0. The zero-order valence-electron chi connectivity index (χ0n) is 18.1. The molecule has 3 aromatic rings. The fourth-order valence-electron chi connectivity index (χ4n) is 4.09. The minimum Gasteiger partial charge on any atom is -0.311 e. The molecule has 0 amide bonds. The van der Waals surface area contributed by atoms with E-state index in [0.29, 0.717) is 11.8 Å². The molecule has 3 aromatic carbocycles. The Balaban J connectivity index is 1.92. The second-order valence-corrected chi connectivity index (χ2v) is 8.66. The first-order valence-corrected chi connectivity index (χ1v) is 11.0. The first-order chi connectivity index (χ1) is 14.1. The Morgan fingerprint density at radius 2 is 1.17 bits per heavy atom. The van der Waals surface area contributed by atoms with E-state index in [1.807, 2.05) is 0 Å². The third-order valence-corrected chi connectivity index (χ3v) is 6.42. The zero-order valence-corrected chi connectivity index (χ0v) is 18.1. The molecule has 0 aliphatic heterocycles. The van der Waals surface area contributed by atoms with Crippen molar-refractivity contribution in [2.24, 2.45) is 11.8 Å². The summed E-state index contributed by atoms with van der Waals surface area (Å²) in [6, 6.07) is 32.9. The van der Waals surface area contributed by atoms with E-state index in [9.17, 15) is 0 Å². The molecule has 3 rings (SSSR count). The molecule has 1 unspecified atom stereocenters. The van der Waals surface area contributed by atoms with Gasteiger partial charge in [-0.3, -0.25) is 0 Å². The Bertz CT molecular complexity index is 784. The summed E-state index contributed by atoms with van der Waals surface area (Å²) in [6.45, 7) is 8.89. The zero-order chi connectivity index (χ0) is 20.5. The number of hydrogen-bond acceptors (Lipinski definition) is 1. The summed E-state index contributed by atoms with van der Waals surface area (Å²) in [5.41, 5.74) is 4.11. The van der Waals surface area contributed by atoms with Gasteiger partial charge >= 0.3 is 0 Å². The van der Waals surface area contributed by atoms with Gasteiger partial charge in [0, 0.05) is 18.5 Å². The van der Waals surface area contributed by atoms with Crippen molar-refractivity contribution in [2.75, 3.05) is 6.54 Å². The van der Waals surface area contributed by atoms with Gasteiger partial charge in [-0.2, -0.15) is 0 Å². The molecule has 0 fully saturated rings. The van der Waals surface area contributed by atoms with Crippen molar-refractivity contribution in [1.82, 2.24) is 5.32 Å². The summed E-state index contributed by atoms with van der Waals surface area (Å²) >= 11 is 0. The second-order valence-electron chi connectivity index (χ2n) is 8.66. The van der Waals surface area contributed by atoms with Crippen LogP contribution in [0.4, 0.5) is 0 Å². The number of benzene rings is 3. The van der Waals surface area contributed by atoms with Crippen molar-refractivity contribution < 1.29 is 0 Å². The van der Waals surface area contributed by atoms with Crippen LogP contribution in [0, 0.1) is 11.8 Å². The van der Waals surface area contributed by atoms with Gasteiger partial charge in [-0.15, -0.1) is 0 Å². The summed E-state index contributed by atoms with van der Waals surface area (Å²) < 4.78 is 0. The summed E-state index contributed by atoms with van der Waals surface area (Å²) in [4.78, 5) is 0. The molecule has 0 aromatic heterocycles. The molecule has 1 nitrogen and oxygen atoms in total. The average Bonchev–Trinajstić information content (AvgIpc) is 2.78. The lowest BCUT2D eigenvalue weighted by Gasteiger charge is -2.37. The smallest absolute Gasteiger partial charge is 0.0327 e. The largest absolute Gasteiger partial charge is 0.311 e. The van der Waals surface area contributed by atoms with E-state index in [0.717, 1.165) is 19.5 Å². The molecule has 0 aliphatic rings. The van der Waals surface area contributed by atoms with Crippen molar-refractivity contribution in [3.63, 3.8) is 0 Å². The lowest BCUT2D eigenvalue weighted by molar-refractivity contribution is 0.328. The molecule has 0 aliphatic carbocycles. The Morgan fingerprint density at radius 3 is 1.66 bits per heavy atom. The normalized spacial score (nSPS) is 12.8. The second kappa shape index (κ2) is 10.4. The Morgan fingerprint density at radius 1 is 0.690 bits per heavy atom. The van der Waals surface area contributed by atoms with Gasteiger partial charge in [-0.1, -0.05) is 112 Å². The van der Waals surface area contributed by atoms with E-state index >= 15 is 0 Å². The standard InChI is InChI=1S/C28H35N/c1-23(2)24(3)19-20-28(26-15-9-5-10-16-26,27-17-11-6-12-18-27)22-29-21-25-13-7-4-8-14-25/h4-18,23-24,29H,19-22H2,1-3H3. The van der Waals surface area contributed by atoms with Crippen molar-refractivity contribution >= 4 is 0 Å². The Hall–Kier alpha value is -2.38. The van der Waals surface area contributed by atoms with Gasteiger partial charge in [0.05, 0.1) is 0 Å². The van der Waals surface area contributed by atoms with Crippen LogP contribution >= 0.6 is 0 Å². The van der Waals surface area contributed by atoms with E-state index in [1.54, 1.807) is 0 Å². The van der Waals surface area contributed by atoms with Crippen molar-refractivity contribution in [3.05, 3.63) is 108 Å². The van der Waals surface area contributed by atoms with Gasteiger partial charge in [-0.25, -0.2) is 0 Å². The highest BCUT2D eigenvalue weighted by Crippen LogP contribution is 2.38.